The third-order valence-corrected chi connectivity index (χ3v) is 3.66. The van der Waals surface area contributed by atoms with Crippen molar-refractivity contribution >= 4 is 12.1 Å². The van der Waals surface area contributed by atoms with Gasteiger partial charge >= 0.3 is 12.1 Å². The molecule has 1 atom stereocenters. The van der Waals surface area contributed by atoms with Gasteiger partial charge in [-0.15, -0.1) is 0 Å². The van der Waals surface area contributed by atoms with Crippen LogP contribution in [0.15, 0.2) is 30.6 Å². The molecule has 1 saturated heterocycles. The maximum absolute atomic E-state index is 12.2. The highest BCUT2D eigenvalue weighted by Gasteiger charge is 2.36. The van der Waals surface area contributed by atoms with E-state index in [1.807, 2.05) is 26.8 Å². The lowest BCUT2D eigenvalue weighted by Gasteiger charge is -2.41. The summed E-state index contributed by atoms with van der Waals surface area (Å²) in [6, 6.07) is 2.01. The van der Waals surface area contributed by atoms with Crippen molar-refractivity contribution in [1.29, 1.82) is 0 Å². The van der Waals surface area contributed by atoms with Gasteiger partial charge in [-0.3, -0.25) is 4.98 Å². The Morgan fingerprint density at radius 3 is 2.71 bits per heavy atom. The maximum Gasteiger partial charge on any atom is 0.410 e. The summed E-state index contributed by atoms with van der Waals surface area (Å²) >= 11 is 0. The number of hydrogen-bond donors (Lipinski definition) is 0. The van der Waals surface area contributed by atoms with Gasteiger partial charge in [-0.1, -0.05) is 12.1 Å². The van der Waals surface area contributed by atoms with Crippen LogP contribution >= 0.6 is 0 Å². The predicted octanol–water partition coefficient (Wildman–Crippen LogP) is 3.04. The van der Waals surface area contributed by atoms with Gasteiger partial charge < -0.3 is 14.4 Å². The molecule has 1 aromatic rings. The van der Waals surface area contributed by atoms with E-state index < -0.39 is 5.60 Å². The average molecular weight is 332 g/mol. The van der Waals surface area contributed by atoms with Gasteiger partial charge in [0.15, 0.2) is 0 Å². The fourth-order valence-corrected chi connectivity index (χ4v) is 2.43. The van der Waals surface area contributed by atoms with E-state index in [9.17, 15) is 9.59 Å². The smallest absolute Gasteiger partial charge is 0.410 e. The van der Waals surface area contributed by atoms with Crippen molar-refractivity contribution in [2.75, 3.05) is 13.7 Å². The highest BCUT2D eigenvalue weighted by molar-refractivity contribution is 5.81. The quantitative estimate of drug-likeness (QED) is 0.626. The van der Waals surface area contributed by atoms with E-state index in [1.165, 1.54) is 13.2 Å². The molecule has 0 saturated carbocycles. The standard InChI is InChI=1S/C18H24N2O4/c1-18(2,3)24-17(22)20-9-8-15(20)14-10-13(11-19-12-14)6-5-7-16(21)23-4/h5,7,10-12,15H,6,8-9H2,1-4H3. The minimum absolute atomic E-state index is 0.00288. The molecule has 6 heteroatoms. The molecule has 130 valence electrons. The van der Waals surface area contributed by atoms with Crippen LogP contribution in [0.1, 0.15) is 44.4 Å². The first-order valence-corrected chi connectivity index (χ1v) is 7.98. The zero-order chi connectivity index (χ0) is 17.7. The van der Waals surface area contributed by atoms with Crippen LogP contribution in [0.5, 0.6) is 0 Å². The Labute approximate surface area is 142 Å². The Morgan fingerprint density at radius 2 is 2.12 bits per heavy atom. The fraction of sp³-hybridized carbons (Fsp3) is 0.500. The summed E-state index contributed by atoms with van der Waals surface area (Å²) in [5.41, 5.74) is 1.45. The fourth-order valence-electron chi connectivity index (χ4n) is 2.43. The van der Waals surface area contributed by atoms with E-state index in [0.717, 1.165) is 17.5 Å². The number of pyridine rings is 1. The second-order valence-electron chi connectivity index (χ2n) is 6.73. The summed E-state index contributed by atoms with van der Waals surface area (Å²) in [6.45, 7) is 6.26. The third-order valence-electron chi connectivity index (χ3n) is 3.66. The molecule has 24 heavy (non-hydrogen) atoms. The van der Waals surface area contributed by atoms with E-state index >= 15 is 0 Å². The Bertz CT molecular complexity index is 634. The highest BCUT2D eigenvalue weighted by atomic mass is 16.6. The van der Waals surface area contributed by atoms with Crippen LogP contribution in [0.4, 0.5) is 4.79 Å². The van der Waals surface area contributed by atoms with E-state index in [2.05, 4.69) is 9.72 Å². The lowest BCUT2D eigenvalue weighted by atomic mass is 9.95. The molecule has 0 N–H and O–H groups in total. The van der Waals surface area contributed by atoms with Crippen LogP contribution in [-0.2, 0) is 20.7 Å². The molecular weight excluding hydrogens is 308 g/mol. The van der Waals surface area contributed by atoms with Gasteiger partial charge in [0.1, 0.15) is 5.60 Å². The normalized spacial score (nSPS) is 17.5. The molecular formula is C18H24N2O4. The molecule has 0 bridgehead atoms. The first-order chi connectivity index (χ1) is 11.3. The number of esters is 1. The zero-order valence-electron chi connectivity index (χ0n) is 14.6. The summed E-state index contributed by atoms with van der Waals surface area (Å²) < 4.78 is 9.99. The summed E-state index contributed by atoms with van der Waals surface area (Å²) in [7, 11) is 1.34. The predicted molar refractivity (Wildman–Crippen MR) is 89.4 cm³/mol. The second-order valence-corrected chi connectivity index (χ2v) is 6.73. The molecule has 1 amide bonds. The van der Waals surface area contributed by atoms with Crippen LogP contribution in [0.3, 0.4) is 0 Å². The molecule has 0 spiro atoms. The van der Waals surface area contributed by atoms with Crippen LogP contribution in [0, 0.1) is 0 Å². The SMILES string of the molecule is COC(=O)C=CCc1cncc(C2CCN2C(=O)OC(C)(C)C)c1. The van der Waals surface area contributed by atoms with Crippen LogP contribution in [-0.4, -0.2) is 41.2 Å². The summed E-state index contributed by atoms with van der Waals surface area (Å²) in [4.78, 5) is 29.3. The Balaban J connectivity index is 2.02. The Morgan fingerprint density at radius 1 is 1.38 bits per heavy atom. The number of aromatic nitrogens is 1. The molecule has 2 heterocycles. The van der Waals surface area contributed by atoms with E-state index in [-0.39, 0.29) is 18.1 Å². The van der Waals surface area contributed by atoms with Crippen molar-refractivity contribution in [1.82, 2.24) is 9.88 Å². The van der Waals surface area contributed by atoms with Gasteiger partial charge in [0.05, 0.1) is 13.2 Å². The number of carbonyl (C=O) groups excluding carboxylic acids is 2. The van der Waals surface area contributed by atoms with Gasteiger partial charge in [-0.2, -0.15) is 0 Å². The lowest BCUT2D eigenvalue weighted by molar-refractivity contribution is -0.134. The zero-order valence-corrected chi connectivity index (χ0v) is 14.6. The highest BCUT2D eigenvalue weighted by Crippen LogP contribution is 2.34. The number of allylic oxidation sites excluding steroid dienone is 1. The number of carbonyl (C=O) groups is 2. The van der Waals surface area contributed by atoms with Crippen LogP contribution in [0.25, 0.3) is 0 Å². The molecule has 6 nitrogen and oxygen atoms in total. The van der Waals surface area contributed by atoms with E-state index in [1.54, 1.807) is 23.4 Å². The number of rotatable bonds is 4. The van der Waals surface area contributed by atoms with Crippen molar-refractivity contribution in [2.45, 2.75) is 45.3 Å². The first-order valence-electron chi connectivity index (χ1n) is 7.98. The molecule has 0 radical (unpaired) electrons. The summed E-state index contributed by atoms with van der Waals surface area (Å²) in [6.07, 6.45) is 7.82. The second kappa shape index (κ2) is 7.47. The van der Waals surface area contributed by atoms with Crippen molar-refractivity contribution in [3.63, 3.8) is 0 Å². The molecule has 1 aliphatic heterocycles. The minimum atomic E-state index is -0.504. The minimum Gasteiger partial charge on any atom is -0.466 e. The Hall–Kier alpha value is -2.37. The van der Waals surface area contributed by atoms with Gasteiger partial charge in [-0.25, -0.2) is 9.59 Å². The maximum atomic E-state index is 12.2. The third kappa shape index (κ3) is 4.81. The molecule has 1 aromatic heterocycles. The molecule has 0 aromatic carbocycles. The molecule has 1 unspecified atom stereocenters. The number of hydrogen-bond acceptors (Lipinski definition) is 5. The van der Waals surface area contributed by atoms with Crippen molar-refractivity contribution in [3.05, 3.63) is 41.7 Å². The van der Waals surface area contributed by atoms with Crippen LogP contribution < -0.4 is 0 Å². The molecule has 2 rings (SSSR count). The number of amides is 1. The lowest BCUT2D eigenvalue weighted by Crippen LogP contribution is -2.47. The number of likely N-dealkylation sites (tertiary alicyclic amines) is 1. The van der Waals surface area contributed by atoms with Crippen molar-refractivity contribution in [3.8, 4) is 0 Å². The molecule has 1 fully saturated rings. The summed E-state index contributed by atoms with van der Waals surface area (Å²) in [5.74, 6) is -0.380. The number of ether oxygens (including phenoxy) is 2. The summed E-state index contributed by atoms with van der Waals surface area (Å²) in [5, 5.41) is 0. The van der Waals surface area contributed by atoms with E-state index in [4.69, 9.17) is 4.74 Å². The largest absolute Gasteiger partial charge is 0.466 e. The van der Waals surface area contributed by atoms with E-state index in [0.29, 0.717) is 13.0 Å². The topological polar surface area (TPSA) is 68.7 Å². The van der Waals surface area contributed by atoms with Crippen molar-refractivity contribution < 1.29 is 19.1 Å². The monoisotopic (exact) mass is 332 g/mol. The van der Waals surface area contributed by atoms with Crippen LogP contribution in [0.2, 0.25) is 0 Å². The van der Waals surface area contributed by atoms with Gasteiger partial charge in [0.25, 0.3) is 0 Å². The average Bonchev–Trinajstić information content (AvgIpc) is 2.44. The van der Waals surface area contributed by atoms with Gasteiger partial charge in [-0.05, 0) is 44.7 Å². The number of nitrogens with zero attached hydrogens (tertiary/aromatic N) is 2. The number of methoxy groups -OCH3 is 1. The van der Waals surface area contributed by atoms with Gasteiger partial charge in [0, 0.05) is 25.0 Å². The first kappa shape index (κ1) is 18.0. The molecule has 0 aliphatic carbocycles. The van der Waals surface area contributed by atoms with Crippen molar-refractivity contribution in [2.24, 2.45) is 0 Å². The van der Waals surface area contributed by atoms with Gasteiger partial charge in [0.2, 0.25) is 0 Å². The molecule has 1 aliphatic rings. The Kier molecular flexibility index (Phi) is 5.59.